The number of ether oxygens (including phenoxy) is 4. The van der Waals surface area contributed by atoms with Crippen LogP contribution in [0.25, 0.3) is 0 Å². The second-order valence-corrected chi connectivity index (χ2v) is 25.5. The molecular formula is C84H137NO8. The Bertz CT molecular complexity index is 2140. The Morgan fingerprint density at radius 1 is 0.333 bits per heavy atom. The van der Waals surface area contributed by atoms with Crippen LogP contribution in [0.5, 0.6) is 0 Å². The molecule has 0 N–H and O–H groups in total. The van der Waals surface area contributed by atoms with Gasteiger partial charge in [-0.15, -0.1) is 0 Å². The van der Waals surface area contributed by atoms with E-state index in [-0.39, 0.29) is 38.6 Å². The number of quaternary nitrogens is 1. The number of rotatable bonds is 67. The van der Waals surface area contributed by atoms with Crippen molar-refractivity contribution in [2.75, 3.05) is 47.5 Å². The van der Waals surface area contributed by atoms with E-state index in [0.717, 1.165) is 116 Å². The summed E-state index contributed by atoms with van der Waals surface area (Å²) in [5.74, 6) is -2.35. The molecule has 0 aromatic carbocycles. The van der Waals surface area contributed by atoms with Gasteiger partial charge in [-0.05, 0) is 135 Å². The first-order valence-corrected chi connectivity index (χ1v) is 37.3. The number of aliphatic carboxylic acids is 1. The molecule has 2 unspecified atom stereocenters. The van der Waals surface area contributed by atoms with Crippen LogP contribution in [-0.2, 0) is 33.3 Å². The summed E-state index contributed by atoms with van der Waals surface area (Å²) < 4.78 is 22.7. The number of carboxylic acid groups (broad SMARTS) is 1. The van der Waals surface area contributed by atoms with Crippen LogP contribution in [0.15, 0.2) is 170 Å². The monoisotopic (exact) mass is 1290 g/mol. The Morgan fingerprint density at radius 3 is 0.935 bits per heavy atom. The molecule has 0 bridgehead atoms. The molecule has 0 spiro atoms. The topological polar surface area (TPSA) is 111 Å². The summed E-state index contributed by atoms with van der Waals surface area (Å²) in [6, 6.07) is 0. The number of nitrogens with zero attached hydrogens (tertiary/aromatic N) is 1. The highest BCUT2D eigenvalue weighted by Crippen LogP contribution is 2.16. The highest BCUT2D eigenvalue weighted by atomic mass is 16.7. The number of allylic oxidation sites excluding steroid dienone is 28. The van der Waals surface area contributed by atoms with Gasteiger partial charge in [0, 0.05) is 12.8 Å². The fourth-order valence-electron chi connectivity index (χ4n) is 9.78. The summed E-state index contributed by atoms with van der Waals surface area (Å²) in [7, 11) is 5.91. The van der Waals surface area contributed by atoms with Crippen molar-refractivity contribution in [3.63, 3.8) is 0 Å². The Balaban J connectivity index is 4.23. The van der Waals surface area contributed by atoms with Crippen LogP contribution in [-0.4, -0.2) is 82.3 Å². The summed E-state index contributed by atoms with van der Waals surface area (Å²) in [6.07, 6.45) is 106. The molecular weight excluding hydrogens is 1150 g/mol. The first-order valence-electron chi connectivity index (χ1n) is 37.3. The molecule has 9 nitrogen and oxygen atoms in total. The summed E-state index contributed by atoms with van der Waals surface area (Å²) in [4.78, 5) is 37.5. The third kappa shape index (κ3) is 73.9. The van der Waals surface area contributed by atoms with E-state index in [9.17, 15) is 19.5 Å². The standard InChI is InChI=1S/C84H137NO8/c1-6-8-10-12-14-16-18-20-22-24-26-28-30-32-34-36-37-38-39-40-41-42-43-44-45-47-49-51-53-55-57-59-61-63-65-67-69-71-73-75-82(87)93-80(79-92-84(83(88)89)90-77-76-85(3,4)5)78-91-81(86)74-72-70-68-66-64-62-60-58-56-54-52-50-48-46-35-33-31-29-27-25-23-21-19-17-15-13-11-9-7-2/h8,10,14,16,19-22,25-28,32,34,37-38,40-41,43-44,47,49,53,55,59,61,65,67,80,84H,6-7,9,11-13,15,17-18,23-24,29-31,33,35-36,39,42,45-46,48,50-52,54,56-58,60,62-64,66,68-79H2,1-5H3/b10-8-,16-14-,21-19-,22-20-,27-25-,28-26-,34-32-,38-37-,41-40-,44-43-,49-47-,55-53-,61-59-,67-65-. The van der Waals surface area contributed by atoms with Gasteiger partial charge in [-0.1, -0.05) is 306 Å². The Kier molecular flexibility index (Phi) is 68.3. The van der Waals surface area contributed by atoms with Gasteiger partial charge in [-0.3, -0.25) is 9.59 Å². The molecule has 0 aliphatic heterocycles. The Morgan fingerprint density at radius 2 is 0.613 bits per heavy atom. The second kappa shape index (κ2) is 72.5. The van der Waals surface area contributed by atoms with Gasteiger partial charge >= 0.3 is 11.9 Å². The zero-order valence-corrected chi connectivity index (χ0v) is 60.1. The van der Waals surface area contributed by atoms with Crippen molar-refractivity contribution in [3.8, 4) is 0 Å². The predicted molar refractivity (Wildman–Crippen MR) is 398 cm³/mol. The van der Waals surface area contributed by atoms with Crippen LogP contribution in [0.3, 0.4) is 0 Å². The predicted octanol–water partition coefficient (Wildman–Crippen LogP) is 22.5. The molecule has 526 valence electrons. The second-order valence-electron chi connectivity index (χ2n) is 25.5. The lowest BCUT2D eigenvalue weighted by Crippen LogP contribution is -2.44. The number of esters is 2. The van der Waals surface area contributed by atoms with E-state index in [1.165, 1.54) is 135 Å². The van der Waals surface area contributed by atoms with Crippen molar-refractivity contribution in [1.82, 2.24) is 0 Å². The number of hydrogen-bond donors (Lipinski definition) is 0. The van der Waals surface area contributed by atoms with E-state index < -0.39 is 24.3 Å². The number of carbonyl (C=O) groups is 3. The van der Waals surface area contributed by atoms with Gasteiger partial charge in [-0.2, -0.15) is 0 Å². The molecule has 0 saturated carbocycles. The van der Waals surface area contributed by atoms with Crippen LogP contribution in [0, 0.1) is 0 Å². The van der Waals surface area contributed by atoms with Gasteiger partial charge in [0.15, 0.2) is 12.4 Å². The SMILES string of the molecule is CC/C=C\C/C=C\C/C=C\C/C=C\C/C=C\C/C=C\C/C=C\C/C=C\C/C=C\C/C=C\C/C=C\C/C=C\CCCCC(=O)OC(COC(=O)CCCCCCCCCCCCCCCCCCC/C=C\C/C=C\CCCCCCC)COC(OCC[N+](C)(C)C)C(=O)[O-]. The molecule has 0 aromatic rings. The number of unbranched alkanes of at least 4 members (excludes halogenated alkanes) is 24. The molecule has 2 atom stereocenters. The molecule has 0 aliphatic rings. The highest BCUT2D eigenvalue weighted by molar-refractivity contribution is 5.70. The molecule has 0 fully saturated rings. The normalized spacial score (nSPS) is 13.7. The van der Waals surface area contributed by atoms with Crippen LogP contribution in [0.2, 0.25) is 0 Å². The molecule has 93 heavy (non-hydrogen) atoms. The average molecular weight is 1290 g/mol. The summed E-state index contributed by atoms with van der Waals surface area (Å²) in [6.45, 7) is 4.57. The smallest absolute Gasteiger partial charge is 0.306 e. The summed E-state index contributed by atoms with van der Waals surface area (Å²) >= 11 is 0. The largest absolute Gasteiger partial charge is 0.545 e. The lowest BCUT2D eigenvalue weighted by atomic mass is 10.0. The maximum atomic E-state index is 12.9. The van der Waals surface area contributed by atoms with Crippen molar-refractivity contribution < 1.29 is 42.9 Å². The average Bonchev–Trinajstić information content (AvgIpc) is 3.38. The molecule has 0 saturated heterocycles. The summed E-state index contributed by atoms with van der Waals surface area (Å²) in [5, 5.41) is 11.8. The van der Waals surface area contributed by atoms with Crippen molar-refractivity contribution in [2.45, 2.75) is 296 Å². The van der Waals surface area contributed by atoms with Crippen molar-refractivity contribution in [2.24, 2.45) is 0 Å². The minimum absolute atomic E-state index is 0.131. The minimum atomic E-state index is -1.64. The number of carbonyl (C=O) groups excluding carboxylic acids is 3. The lowest BCUT2D eigenvalue weighted by Gasteiger charge is -2.26. The molecule has 0 heterocycles. The maximum absolute atomic E-state index is 12.9. The van der Waals surface area contributed by atoms with Crippen LogP contribution >= 0.6 is 0 Å². The van der Waals surface area contributed by atoms with Gasteiger partial charge in [0.05, 0.1) is 40.3 Å². The number of carboxylic acids is 1. The van der Waals surface area contributed by atoms with E-state index in [1.54, 1.807) is 0 Å². The first kappa shape index (κ1) is 87.7. The van der Waals surface area contributed by atoms with Crippen molar-refractivity contribution in [3.05, 3.63) is 170 Å². The molecule has 0 amide bonds. The molecule has 0 aromatic heterocycles. The number of hydrogen-bond acceptors (Lipinski definition) is 8. The molecule has 0 rings (SSSR count). The van der Waals surface area contributed by atoms with Gasteiger partial charge < -0.3 is 33.3 Å². The fourth-order valence-corrected chi connectivity index (χ4v) is 9.78. The highest BCUT2D eigenvalue weighted by Gasteiger charge is 2.22. The minimum Gasteiger partial charge on any atom is -0.545 e. The van der Waals surface area contributed by atoms with E-state index in [4.69, 9.17) is 18.9 Å². The van der Waals surface area contributed by atoms with E-state index in [2.05, 4.69) is 184 Å². The van der Waals surface area contributed by atoms with Crippen LogP contribution < -0.4 is 5.11 Å². The number of likely N-dealkylation sites (N-methyl/N-ethyl adjacent to an activating group) is 1. The summed E-state index contributed by atoms with van der Waals surface area (Å²) in [5.41, 5.74) is 0. The van der Waals surface area contributed by atoms with E-state index in [0.29, 0.717) is 17.4 Å². The Labute approximate surface area is 571 Å². The third-order valence-corrected chi connectivity index (χ3v) is 15.4. The van der Waals surface area contributed by atoms with Gasteiger partial charge in [0.2, 0.25) is 0 Å². The zero-order chi connectivity index (χ0) is 67.5. The molecule has 0 aliphatic carbocycles. The van der Waals surface area contributed by atoms with Crippen molar-refractivity contribution in [1.29, 1.82) is 0 Å². The van der Waals surface area contributed by atoms with E-state index >= 15 is 0 Å². The maximum Gasteiger partial charge on any atom is 0.306 e. The molecule has 0 radical (unpaired) electrons. The van der Waals surface area contributed by atoms with Crippen molar-refractivity contribution >= 4 is 17.9 Å². The molecule has 9 heteroatoms. The first-order chi connectivity index (χ1) is 45.6. The van der Waals surface area contributed by atoms with Gasteiger partial charge in [0.1, 0.15) is 13.2 Å². The van der Waals surface area contributed by atoms with Crippen LogP contribution in [0.1, 0.15) is 284 Å². The lowest BCUT2D eigenvalue weighted by molar-refractivity contribution is -0.870. The van der Waals surface area contributed by atoms with Crippen LogP contribution in [0.4, 0.5) is 0 Å². The zero-order valence-electron chi connectivity index (χ0n) is 60.1. The van der Waals surface area contributed by atoms with E-state index in [1.807, 2.05) is 21.1 Å². The Hall–Kier alpha value is -5.35. The third-order valence-electron chi connectivity index (χ3n) is 15.4. The van der Waals surface area contributed by atoms with Gasteiger partial charge in [0.25, 0.3) is 0 Å². The van der Waals surface area contributed by atoms with Gasteiger partial charge in [-0.25, -0.2) is 0 Å². The fraction of sp³-hybridized carbons (Fsp3) is 0.631. The quantitative estimate of drug-likeness (QED) is 0.0195.